The van der Waals surface area contributed by atoms with E-state index in [9.17, 15) is 24.0 Å². The second kappa shape index (κ2) is 21.9. The molecule has 1 aliphatic heterocycles. The van der Waals surface area contributed by atoms with Crippen molar-refractivity contribution >= 4 is 29.4 Å². The van der Waals surface area contributed by atoms with Crippen LogP contribution in [0.25, 0.3) is 0 Å². The number of hydrogen-bond acceptors (Lipinski definition) is 6. The zero-order valence-corrected chi connectivity index (χ0v) is 34.0. The molecule has 1 heterocycles. The molecule has 4 rings (SSSR count). The quantitative estimate of drug-likeness (QED) is 0.104. The molecule has 1 aliphatic carbocycles. The van der Waals surface area contributed by atoms with Gasteiger partial charge in [-0.1, -0.05) is 102 Å². The van der Waals surface area contributed by atoms with E-state index in [4.69, 9.17) is 0 Å². The SMILES string of the molecule is CC(C)C[C@H](NC(=O)[C@H](CCc1ccccc1)NC(=O)CCCCN1CCCCC1)C(=O)N[C@@H](Cc1ccccc1)C(=O)N[C@@H](CC(C)C)C(=O)C1(C)CC1. The maximum absolute atomic E-state index is 14.2. The van der Waals surface area contributed by atoms with Gasteiger partial charge in [0.2, 0.25) is 23.6 Å². The fourth-order valence-corrected chi connectivity index (χ4v) is 7.43. The first-order chi connectivity index (χ1) is 26.3. The highest BCUT2D eigenvalue weighted by Gasteiger charge is 2.48. The summed E-state index contributed by atoms with van der Waals surface area (Å²) in [5.41, 5.74) is 1.48. The lowest BCUT2D eigenvalue weighted by atomic mass is 9.91. The molecule has 0 unspecified atom stereocenters. The topological polar surface area (TPSA) is 137 Å². The fraction of sp³-hybridized carbons (Fsp3) is 0.622. The smallest absolute Gasteiger partial charge is 0.243 e. The molecule has 0 aromatic heterocycles. The van der Waals surface area contributed by atoms with E-state index in [2.05, 4.69) is 26.2 Å². The fourth-order valence-electron chi connectivity index (χ4n) is 7.43. The minimum atomic E-state index is -0.977. The van der Waals surface area contributed by atoms with Gasteiger partial charge in [0.15, 0.2) is 5.78 Å². The Labute approximate surface area is 329 Å². The van der Waals surface area contributed by atoms with E-state index in [0.717, 1.165) is 56.4 Å². The normalized spacial score (nSPS) is 17.4. The number of carbonyl (C=O) groups excluding carboxylic acids is 5. The highest BCUT2D eigenvalue weighted by Crippen LogP contribution is 2.47. The maximum atomic E-state index is 14.2. The van der Waals surface area contributed by atoms with Gasteiger partial charge in [-0.3, -0.25) is 24.0 Å². The van der Waals surface area contributed by atoms with Crippen molar-refractivity contribution in [2.24, 2.45) is 17.3 Å². The molecule has 4 N–H and O–H groups in total. The molecule has 4 atom stereocenters. The number of amides is 4. The summed E-state index contributed by atoms with van der Waals surface area (Å²) in [6.45, 7) is 13.2. The molecule has 2 aromatic rings. The van der Waals surface area contributed by atoms with E-state index in [-0.39, 0.29) is 29.9 Å². The number of hydrogen-bond donors (Lipinski definition) is 4. The zero-order chi connectivity index (χ0) is 39.8. The molecule has 10 nitrogen and oxygen atoms in total. The van der Waals surface area contributed by atoms with Crippen LogP contribution in [0.3, 0.4) is 0 Å². The number of nitrogens with one attached hydrogen (secondary N) is 4. The largest absolute Gasteiger partial charge is 0.344 e. The first-order valence-corrected chi connectivity index (χ1v) is 20.9. The molecule has 2 aliphatic rings. The Morgan fingerprint density at radius 1 is 0.636 bits per heavy atom. The number of aryl methyl sites for hydroxylation is 1. The monoisotopic (exact) mass is 758 g/mol. The van der Waals surface area contributed by atoms with Gasteiger partial charge in [0, 0.05) is 18.3 Å². The van der Waals surface area contributed by atoms with Gasteiger partial charge < -0.3 is 26.2 Å². The van der Waals surface area contributed by atoms with Gasteiger partial charge >= 0.3 is 0 Å². The number of nitrogens with zero attached hydrogens (tertiary/aromatic N) is 1. The van der Waals surface area contributed by atoms with Gasteiger partial charge in [-0.15, -0.1) is 0 Å². The van der Waals surface area contributed by atoms with Crippen LogP contribution in [0.4, 0.5) is 0 Å². The van der Waals surface area contributed by atoms with Gasteiger partial charge in [-0.2, -0.15) is 0 Å². The van der Waals surface area contributed by atoms with Crippen LogP contribution in [0.5, 0.6) is 0 Å². The second-order valence-corrected chi connectivity index (χ2v) is 17.1. The molecule has 1 saturated heterocycles. The van der Waals surface area contributed by atoms with Crippen molar-refractivity contribution in [3.8, 4) is 0 Å². The summed E-state index contributed by atoms with van der Waals surface area (Å²) in [4.78, 5) is 71.4. The van der Waals surface area contributed by atoms with Crippen LogP contribution < -0.4 is 21.3 Å². The molecule has 55 heavy (non-hydrogen) atoms. The molecule has 0 radical (unpaired) electrons. The van der Waals surface area contributed by atoms with Gasteiger partial charge in [0.25, 0.3) is 0 Å². The minimum Gasteiger partial charge on any atom is -0.344 e. The molecule has 2 fully saturated rings. The molecule has 302 valence electrons. The van der Waals surface area contributed by atoms with E-state index < -0.39 is 47.3 Å². The Balaban J connectivity index is 1.46. The van der Waals surface area contributed by atoms with Crippen molar-refractivity contribution in [2.45, 2.75) is 142 Å². The highest BCUT2D eigenvalue weighted by atomic mass is 16.2. The average molecular weight is 758 g/mol. The number of benzene rings is 2. The van der Waals surface area contributed by atoms with Gasteiger partial charge in [0.1, 0.15) is 18.1 Å². The summed E-state index contributed by atoms with van der Waals surface area (Å²) in [6.07, 6.45) is 9.35. The molecule has 2 aromatic carbocycles. The molecule has 4 amide bonds. The summed E-state index contributed by atoms with van der Waals surface area (Å²) < 4.78 is 0. The molecule has 0 bridgehead atoms. The van der Waals surface area contributed by atoms with Gasteiger partial charge in [-0.05, 0) is 107 Å². The van der Waals surface area contributed by atoms with E-state index in [0.29, 0.717) is 32.1 Å². The van der Waals surface area contributed by atoms with E-state index in [1.165, 1.54) is 19.3 Å². The Hall–Kier alpha value is -4.05. The van der Waals surface area contributed by atoms with Crippen molar-refractivity contribution in [3.63, 3.8) is 0 Å². The van der Waals surface area contributed by atoms with Crippen LogP contribution >= 0.6 is 0 Å². The second-order valence-electron chi connectivity index (χ2n) is 17.1. The zero-order valence-electron chi connectivity index (χ0n) is 34.0. The highest BCUT2D eigenvalue weighted by molar-refractivity contribution is 5.97. The molecule has 10 heteroatoms. The summed E-state index contributed by atoms with van der Waals surface area (Å²) in [7, 11) is 0. The number of likely N-dealkylation sites (tertiary alicyclic amines) is 1. The number of piperidine rings is 1. The lowest BCUT2D eigenvalue weighted by molar-refractivity contribution is -0.135. The Kier molecular flexibility index (Phi) is 17.4. The lowest BCUT2D eigenvalue weighted by Crippen LogP contribution is -2.58. The van der Waals surface area contributed by atoms with Crippen LogP contribution in [-0.4, -0.2) is 78.1 Å². The number of ketones is 1. The third-order valence-electron chi connectivity index (χ3n) is 11.0. The van der Waals surface area contributed by atoms with E-state index in [1.807, 2.05) is 95.3 Å². The molecule has 0 spiro atoms. The average Bonchev–Trinajstić information content (AvgIpc) is 3.92. The number of carbonyl (C=O) groups is 5. The standard InChI is InChI=1S/C45H67N5O5/c1-32(2)29-37(41(52)45(5)24-25-45)47-44(55)39(31-35-19-11-7-12-20-35)49-43(54)38(30-33(3)4)48-42(53)36(23-22-34-17-9-6-10-18-34)46-40(51)21-13-16-28-50-26-14-8-15-27-50/h6-7,9-12,17-20,32-33,36-39H,8,13-16,21-31H2,1-5H3,(H,46,51)(H,47,55)(H,48,53)(H,49,54)/t36-,37-,38-,39-/m0/s1. The van der Waals surface area contributed by atoms with Crippen LogP contribution in [-0.2, 0) is 36.8 Å². The van der Waals surface area contributed by atoms with Crippen molar-refractivity contribution in [3.05, 3.63) is 71.8 Å². The van der Waals surface area contributed by atoms with Crippen molar-refractivity contribution in [2.75, 3.05) is 19.6 Å². The van der Waals surface area contributed by atoms with Crippen molar-refractivity contribution in [1.82, 2.24) is 26.2 Å². The third-order valence-corrected chi connectivity index (χ3v) is 11.0. The molecule has 1 saturated carbocycles. The molecular weight excluding hydrogens is 691 g/mol. The number of unbranched alkanes of at least 4 members (excludes halogenated alkanes) is 1. The van der Waals surface area contributed by atoms with E-state index in [1.54, 1.807) is 0 Å². The summed E-state index contributed by atoms with van der Waals surface area (Å²) in [5, 5.41) is 11.9. The van der Waals surface area contributed by atoms with Gasteiger partial charge in [-0.25, -0.2) is 0 Å². The van der Waals surface area contributed by atoms with Crippen LogP contribution in [0.15, 0.2) is 60.7 Å². The summed E-state index contributed by atoms with van der Waals surface area (Å²) in [5.74, 6) is -1.26. The molecular formula is C45H67N5O5. The van der Waals surface area contributed by atoms with Crippen molar-refractivity contribution in [1.29, 1.82) is 0 Å². The number of Topliss-reactive ketones (excluding diaryl/α,β-unsaturated/α-hetero) is 1. The summed E-state index contributed by atoms with van der Waals surface area (Å²) >= 11 is 0. The Bertz CT molecular complexity index is 1520. The predicted molar refractivity (Wildman–Crippen MR) is 218 cm³/mol. The van der Waals surface area contributed by atoms with Crippen LogP contribution in [0, 0.1) is 17.3 Å². The minimum absolute atomic E-state index is 0.0369. The summed E-state index contributed by atoms with van der Waals surface area (Å²) in [6, 6.07) is 15.9. The van der Waals surface area contributed by atoms with Crippen LogP contribution in [0.2, 0.25) is 0 Å². The van der Waals surface area contributed by atoms with E-state index >= 15 is 0 Å². The maximum Gasteiger partial charge on any atom is 0.243 e. The van der Waals surface area contributed by atoms with Crippen LogP contribution in [0.1, 0.15) is 116 Å². The first-order valence-electron chi connectivity index (χ1n) is 20.9. The lowest BCUT2D eigenvalue weighted by Gasteiger charge is -2.28. The third kappa shape index (κ3) is 15.2. The first kappa shape index (κ1) is 43.7. The number of rotatable bonds is 23. The Morgan fingerprint density at radius 3 is 1.76 bits per heavy atom. The van der Waals surface area contributed by atoms with Gasteiger partial charge in [0.05, 0.1) is 6.04 Å². The predicted octanol–water partition coefficient (Wildman–Crippen LogP) is 5.92. The van der Waals surface area contributed by atoms with Crippen molar-refractivity contribution < 1.29 is 24.0 Å². The Morgan fingerprint density at radius 2 is 1.16 bits per heavy atom.